The number of carbonyl (C=O) groups excluding carboxylic acids is 2. The highest BCUT2D eigenvalue weighted by Crippen LogP contribution is 1.97. The summed E-state index contributed by atoms with van der Waals surface area (Å²) in [5, 5.41) is 0. The molecular weight excluding hydrogens is 198 g/mol. The van der Waals surface area contributed by atoms with Crippen LogP contribution in [0.1, 0.15) is 19.8 Å². The average molecular weight is 217 g/mol. The fraction of sp³-hybridized carbons (Fsp3) is 0.800. The molecule has 0 rings (SSSR count). The monoisotopic (exact) mass is 217 g/mol. The lowest BCUT2D eigenvalue weighted by Gasteiger charge is -2.18. The second-order valence-electron chi connectivity index (χ2n) is 3.12. The first-order chi connectivity index (χ1) is 7.13. The molecule has 0 aromatic heterocycles. The zero-order chi connectivity index (χ0) is 11.7. The normalized spacial score (nSPS) is 10.1. The van der Waals surface area contributed by atoms with Gasteiger partial charge in [-0.15, -0.1) is 0 Å². The van der Waals surface area contributed by atoms with Gasteiger partial charge in [-0.3, -0.25) is 14.5 Å². The quantitative estimate of drug-likeness (QED) is 0.579. The maximum Gasteiger partial charge on any atom is 0.319 e. The first kappa shape index (κ1) is 13.9. The van der Waals surface area contributed by atoms with Crippen LogP contribution in [0, 0.1) is 0 Å². The topological polar surface area (TPSA) is 55.8 Å². The van der Waals surface area contributed by atoms with Crippen molar-refractivity contribution in [2.24, 2.45) is 0 Å². The Morgan fingerprint density at radius 2 is 1.73 bits per heavy atom. The number of esters is 2. The van der Waals surface area contributed by atoms with Crippen LogP contribution in [0.25, 0.3) is 0 Å². The largest absolute Gasteiger partial charge is 0.469 e. The van der Waals surface area contributed by atoms with E-state index < -0.39 is 0 Å². The van der Waals surface area contributed by atoms with E-state index in [1.807, 2.05) is 11.8 Å². The van der Waals surface area contributed by atoms with Crippen LogP contribution < -0.4 is 0 Å². The Morgan fingerprint density at radius 1 is 1.13 bits per heavy atom. The van der Waals surface area contributed by atoms with E-state index in [4.69, 9.17) is 0 Å². The van der Waals surface area contributed by atoms with Crippen LogP contribution in [0.2, 0.25) is 0 Å². The van der Waals surface area contributed by atoms with Crippen molar-refractivity contribution in [2.45, 2.75) is 19.8 Å². The summed E-state index contributed by atoms with van der Waals surface area (Å²) in [6.07, 6.45) is 1.08. The van der Waals surface area contributed by atoms with Gasteiger partial charge in [-0.25, -0.2) is 0 Å². The summed E-state index contributed by atoms with van der Waals surface area (Å²) in [5.41, 5.74) is 0. The van der Waals surface area contributed by atoms with Crippen LogP contribution >= 0.6 is 0 Å². The highest BCUT2D eigenvalue weighted by atomic mass is 16.5. The maximum atomic E-state index is 11.0. The van der Waals surface area contributed by atoms with Gasteiger partial charge in [0.25, 0.3) is 0 Å². The number of likely N-dealkylation sites (N-methyl/N-ethyl adjacent to an activating group) is 1. The number of hydrogen-bond acceptors (Lipinski definition) is 5. The van der Waals surface area contributed by atoms with E-state index in [1.165, 1.54) is 14.2 Å². The number of rotatable bonds is 7. The van der Waals surface area contributed by atoms with E-state index in [2.05, 4.69) is 9.47 Å². The number of nitrogens with zero attached hydrogens (tertiary/aromatic N) is 1. The Bertz CT molecular complexity index is 206. The molecule has 15 heavy (non-hydrogen) atoms. The van der Waals surface area contributed by atoms with Gasteiger partial charge in [0.2, 0.25) is 0 Å². The van der Waals surface area contributed by atoms with Gasteiger partial charge in [0.05, 0.1) is 20.8 Å². The standard InChI is InChI=1S/C10H19NO4/c1-4-11(8-10(13)15-3)7-5-6-9(12)14-2/h4-8H2,1-3H3. The van der Waals surface area contributed by atoms with Crippen LogP contribution in [0.4, 0.5) is 0 Å². The minimum absolute atomic E-state index is 0.218. The molecule has 0 bridgehead atoms. The van der Waals surface area contributed by atoms with E-state index >= 15 is 0 Å². The zero-order valence-electron chi connectivity index (χ0n) is 9.62. The maximum absolute atomic E-state index is 11.0. The molecule has 0 atom stereocenters. The molecule has 0 aliphatic carbocycles. The summed E-state index contributed by atoms with van der Waals surface area (Å²) in [4.78, 5) is 23.7. The van der Waals surface area contributed by atoms with Crippen LogP contribution in [0.15, 0.2) is 0 Å². The molecule has 0 aromatic rings. The van der Waals surface area contributed by atoms with E-state index in [0.717, 1.165) is 6.54 Å². The van der Waals surface area contributed by atoms with Crippen LogP contribution in [-0.4, -0.2) is 50.7 Å². The molecule has 0 aliphatic heterocycles. The Labute approximate surface area is 90.3 Å². The molecule has 0 spiro atoms. The van der Waals surface area contributed by atoms with E-state index in [1.54, 1.807) is 0 Å². The smallest absolute Gasteiger partial charge is 0.319 e. The summed E-state index contributed by atoms with van der Waals surface area (Å²) in [5.74, 6) is -0.473. The molecule has 0 fully saturated rings. The second kappa shape index (κ2) is 8.23. The average Bonchev–Trinajstić information content (AvgIpc) is 2.26. The summed E-state index contributed by atoms with van der Waals surface area (Å²) in [7, 11) is 2.74. The Balaban J connectivity index is 3.70. The summed E-state index contributed by atoms with van der Waals surface area (Å²) in [6, 6.07) is 0. The van der Waals surface area contributed by atoms with Crippen molar-refractivity contribution in [1.82, 2.24) is 4.90 Å². The number of methoxy groups -OCH3 is 2. The van der Waals surface area contributed by atoms with Crippen LogP contribution in [-0.2, 0) is 19.1 Å². The van der Waals surface area contributed by atoms with Gasteiger partial charge in [0, 0.05) is 6.42 Å². The molecule has 0 aromatic carbocycles. The predicted molar refractivity (Wildman–Crippen MR) is 55.4 cm³/mol. The van der Waals surface area contributed by atoms with Crippen molar-refractivity contribution in [2.75, 3.05) is 33.9 Å². The molecule has 0 unspecified atom stereocenters. The Hall–Kier alpha value is -1.10. The molecule has 0 N–H and O–H groups in total. The third kappa shape index (κ3) is 6.90. The van der Waals surface area contributed by atoms with Crippen LogP contribution in [0.3, 0.4) is 0 Å². The lowest BCUT2D eigenvalue weighted by molar-refractivity contribution is -0.141. The molecule has 88 valence electrons. The van der Waals surface area contributed by atoms with E-state index in [-0.39, 0.29) is 18.5 Å². The lowest BCUT2D eigenvalue weighted by Crippen LogP contribution is -2.31. The molecule has 0 saturated heterocycles. The highest BCUT2D eigenvalue weighted by molar-refractivity contribution is 5.71. The fourth-order valence-corrected chi connectivity index (χ4v) is 1.15. The van der Waals surface area contributed by atoms with Crippen molar-refractivity contribution < 1.29 is 19.1 Å². The highest BCUT2D eigenvalue weighted by Gasteiger charge is 2.09. The fourth-order valence-electron chi connectivity index (χ4n) is 1.15. The summed E-state index contributed by atoms with van der Waals surface area (Å²) in [6.45, 7) is 3.69. The van der Waals surface area contributed by atoms with E-state index in [0.29, 0.717) is 19.4 Å². The molecule has 5 nitrogen and oxygen atoms in total. The number of carbonyl (C=O) groups is 2. The Morgan fingerprint density at radius 3 is 2.20 bits per heavy atom. The third-order valence-corrected chi connectivity index (χ3v) is 2.11. The second-order valence-corrected chi connectivity index (χ2v) is 3.12. The first-order valence-corrected chi connectivity index (χ1v) is 5.00. The number of hydrogen-bond donors (Lipinski definition) is 0. The molecular formula is C10H19NO4. The summed E-state index contributed by atoms with van der Waals surface area (Å²) < 4.78 is 9.08. The molecule has 0 saturated carbocycles. The van der Waals surface area contributed by atoms with Gasteiger partial charge in [0.15, 0.2) is 0 Å². The molecule has 5 heteroatoms. The van der Waals surface area contributed by atoms with Gasteiger partial charge < -0.3 is 9.47 Å². The minimum Gasteiger partial charge on any atom is -0.469 e. The SMILES string of the molecule is CCN(CCCC(=O)OC)CC(=O)OC. The number of ether oxygens (including phenoxy) is 2. The lowest BCUT2D eigenvalue weighted by atomic mass is 10.3. The third-order valence-electron chi connectivity index (χ3n) is 2.11. The van der Waals surface area contributed by atoms with Crippen molar-refractivity contribution in [1.29, 1.82) is 0 Å². The van der Waals surface area contributed by atoms with Crippen LogP contribution in [0.5, 0.6) is 0 Å². The molecule has 0 amide bonds. The molecule has 0 aliphatic rings. The van der Waals surface area contributed by atoms with Crippen molar-refractivity contribution in [3.05, 3.63) is 0 Å². The van der Waals surface area contributed by atoms with Gasteiger partial charge in [-0.1, -0.05) is 6.92 Å². The van der Waals surface area contributed by atoms with Gasteiger partial charge in [-0.05, 0) is 19.5 Å². The Kier molecular flexibility index (Phi) is 7.62. The minimum atomic E-state index is -0.255. The van der Waals surface area contributed by atoms with Crippen molar-refractivity contribution >= 4 is 11.9 Å². The van der Waals surface area contributed by atoms with Gasteiger partial charge in [0.1, 0.15) is 0 Å². The first-order valence-electron chi connectivity index (χ1n) is 5.00. The van der Waals surface area contributed by atoms with Gasteiger partial charge >= 0.3 is 11.9 Å². The van der Waals surface area contributed by atoms with Gasteiger partial charge in [-0.2, -0.15) is 0 Å². The molecule has 0 heterocycles. The predicted octanol–water partition coefficient (Wildman–Crippen LogP) is 0.434. The van der Waals surface area contributed by atoms with E-state index in [9.17, 15) is 9.59 Å². The molecule has 0 radical (unpaired) electrons. The zero-order valence-corrected chi connectivity index (χ0v) is 9.62. The van der Waals surface area contributed by atoms with Crippen molar-refractivity contribution in [3.8, 4) is 0 Å². The van der Waals surface area contributed by atoms with Crippen molar-refractivity contribution in [3.63, 3.8) is 0 Å². The summed E-state index contributed by atoms with van der Waals surface area (Å²) >= 11 is 0.